The molecule has 0 aliphatic carbocycles. The van der Waals surface area contributed by atoms with Gasteiger partial charge in [-0.2, -0.15) is 13.2 Å². The number of thiophene rings is 1. The molecule has 1 aromatic heterocycles. The van der Waals surface area contributed by atoms with E-state index in [4.69, 9.17) is 5.11 Å². The highest BCUT2D eigenvalue weighted by molar-refractivity contribution is 7.11. The zero-order chi connectivity index (χ0) is 7.78. The van der Waals surface area contributed by atoms with Crippen LogP contribution in [0.4, 0.5) is 13.2 Å². The summed E-state index contributed by atoms with van der Waals surface area (Å²) in [4.78, 5) is 0. The first kappa shape index (κ1) is 7.40. The Kier molecular flexibility index (Phi) is 1.60. The maximum Gasteiger partial charge on any atom is 0.417 e. The van der Waals surface area contributed by atoms with E-state index in [1.807, 2.05) is 0 Å². The van der Waals surface area contributed by atoms with Gasteiger partial charge in [0.1, 0.15) is 0 Å². The Labute approximate surface area is 58.7 Å². The van der Waals surface area contributed by atoms with Gasteiger partial charge in [0.25, 0.3) is 0 Å². The van der Waals surface area contributed by atoms with Crippen molar-refractivity contribution in [2.75, 3.05) is 0 Å². The number of aromatic hydroxyl groups is 1. The lowest BCUT2D eigenvalue weighted by Gasteiger charge is -1.99. The molecule has 0 unspecified atom stereocenters. The molecule has 1 aromatic rings. The van der Waals surface area contributed by atoms with Crippen molar-refractivity contribution in [1.29, 1.82) is 0 Å². The van der Waals surface area contributed by atoms with Gasteiger partial charge in [-0.25, -0.2) is 0 Å². The second kappa shape index (κ2) is 2.16. The predicted octanol–water partition coefficient (Wildman–Crippen LogP) is 2.47. The number of hydrogen-bond donors (Lipinski definition) is 1. The number of rotatable bonds is 0. The third-order valence-electron chi connectivity index (χ3n) is 0.913. The summed E-state index contributed by atoms with van der Waals surface area (Å²) in [5.41, 5.74) is -0.796. The van der Waals surface area contributed by atoms with Crippen molar-refractivity contribution in [3.63, 3.8) is 0 Å². The highest BCUT2D eigenvalue weighted by atomic mass is 32.1. The maximum atomic E-state index is 11.7. The third-order valence-corrected chi connectivity index (χ3v) is 1.64. The van der Waals surface area contributed by atoms with Crippen LogP contribution in [0.25, 0.3) is 0 Å². The minimum Gasteiger partial charge on any atom is -0.499 e. The van der Waals surface area contributed by atoms with E-state index in [0.29, 0.717) is 17.4 Å². The fourth-order valence-electron chi connectivity index (χ4n) is 0.474. The van der Waals surface area contributed by atoms with E-state index in [2.05, 4.69) is 0 Å². The summed E-state index contributed by atoms with van der Waals surface area (Å²) in [7, 11) is 0. The first-order valence-electron chi connectivity index (χ1n) is 2.35. The minimum atomic E-state index is -4.34. The summed E-state index contributed by atoms with van der Waals surface area (Å²) in [6.07, 6.45) is -4.34. The van der Waals surface area contributed by atoms with Crippen LogP contribution < -0.4 is 0 Å². The minimum absolute atomic E-state index is 0.313. The lowest BCUT2D eigenvalue weighted by Crippen LogP contribution is -2.01. The molecule has 0 spiro atoms. The van der Waals surface area contributed by atoms with Crippen LogP contribution in [0.5, 0.6) is 5.06 Å². The SMILES string of the molecule is Oc1cc(C(F)(F)F)cs1. The second-order valence-corrected chi connectivity index (χ2v) is 2.56. The molecule has 0 aliphatic rings. The van der Waals surface area contributed by atoms with Crippen LogP contribution in [0.2, 0.25) is 0 Å². The predicted molar refractivity (Wildman–Crippen MR) is 31.0 cm³/mol. The molecule has 0 saturated carbocycles. The normalized spacial score (nSPS) is 11.9. The van der Waals surface area contributed by atoms with Crippen molar-refractivity contribution in [3.8, 4) is 5.06 Å². The molecule has 0 aromatic carbocycles. The van der Waals surface area contributed by atoms with Gasteiger partial charge in [0.15, 0.2) is 5.06 Å². The van der Waals surface area contributed by atoms with Gasteiger partial charge in [0, 0.05) is 11.4 Å². The van der Waals surface area contributed by atoms with Crippen molar-refractivity contribution in [2.45, 2.75) is 6.18 Å². The van der Waals surface area contributed by atoms with Crippen LogP contribution in [0, 0.1) is 0 Å². The number of halogens is 3. The molecule has 0 radical (unpaired) electrons. The molecule has 0 saturated heterocycles. The van der Waals surface area contributed by atoms with Gasteiger partial charge in [-0.15, -0.1) is 11.3 Å². The van der Waals surface area contributed by atoms with Crippen molar-refractivity contribution in [1.82, 2.24) is 0 Å². The van der Waals surface area contributed by atoms with Crippen LogP contribution in [0.3, 0.4) is 0 Å². The number of alkyl halides is 3. The molecule has 1 N–H and O–H groups in total. The van der Waals surface area contributed by atoms with E-state index < -0.39 is 11.7 Å². The van der Waals surface area contributed by atoms with Gasteiger partial charge in [-0.1, -0.05) is 0 Å². The summed E-state index contributed by atoms with van der Waals surface area (Å²) in [6.45, 7) is 0. The zero-order valence-corrected chi connectivity index (χ0v) is 5.46. The molecule has 1 heterocycles. The summed E-state index contributed by atoms with van der Waals surface area (Å²) in [6, 6.07) is 0.699. The fourth-order valence-corrected chi connectivity index (χ4v) is 1.12. The Morgan fingerprint density at radius 1 is 1.40 bits per heavy atom. The van der Waals surface area contributed by atoms with Gasteiger partial charge in [-0.3, -0.25) is 0 Å². The van der Waals surface area contributed by atoms with Gasteiger partial charge in [0.05, 0.1) is 5.56 Å². The average molecular weight is 168 g/mol. The van der Waals surface area contributed by atoms with E-state index in [0.717, 1.165) is 5.38 Å². The van der Waals surface area contributed by atoms with E-state index >= 15 is 0 Å². The van der Waals surface area contributed by atoms with E-state index in [1.165, 1.54) is 0 Å². The molecular formula is C5H3F3OS. The van der Waals surface area contributed by atoms with Crippen LogP contribution >= 0.6 is 11.3 Å². The molecular weight excluding hydrogens is 165 g/mol. The fraction of sp³-hybridized carbons (Fsp3) is 0.200. The summed E-state index contributed by atoms with van der Waals surface area (Å²) >= 11 is 0.667. The summed E-state index contributed by atoms with van der Waals surface area (Å²) in [5, 5.41) is 9.09. The van der Waals surface area contributed by atoms with Crippen LogP contribution in [-0.2, 0) is 6.18 Å². The zero-order valence-electron chi connectivity index (χ0n) is 4.64. The molecule has 0 bridgehead atoms. The third kappa shape index (κ3) is 1.41. The van der Waals surface area contributed by atoms with Crippen molar-refractivity contribution < 1.29 is 18.3 Å². The smallest absolute Gasteiger partial charge is 0.417 e. The molecule has 5 heteroatoms. The van der Waals surface area contributed by atoms with E-state index in [-0.39, 0.29) is 5.06 Å². The highest BCUT2D eigenvalue weighted by Gasteiger charge is 2.31. The Hall–Kier alpha value is -0.710. The number of hydrogen-bond acceptors (Lipinski definition) is 2. The standard InChI is InChI=1S/C5H3F3OS/c6-5(7,8)3-1-4(9)10-2-3/h1-2,9H. The lowest BCUT2D eigenvalue weighted by atomic mass is 10.3. The van der Waals surface area contributed by atoms with Gasteiger partial charge in [-0.05, 0) is 0 Å². The van der Waals surface area contributed by atoms with E-state index in [1.54, 1.807) is 0 Å². The lowest BCUT2D eigenvalue weighted by molar-refractivity contribution is -0.137. The Balaban J connectivity index is 2.96. The molecule has 0 amide bonds. The Morgan fingerprint density at radius 2 is 2.00 bits per heavy atom. The summed E-state index contributed by atoms with van der Waals surface area (Å²) in [5.74, 6) is 0. The Bertz CT molecular complexity index is 227. The van der Waals surface area contributed by atoms with Crippen LogP contribution in [-0.4, -0.2) is 5.11 Å². The van der Waals surface area contributed by atoms with Crippen molar-refractivity contribution in [3.05, 3.63) is 17.0 Å². The van der Waals surface area contributed by atoms with Gasteiger partial charge in [0.2, 0.25) is 0 Å². The molecule has 0 atom stereocenters. The van der Waals surface area contributed by atoms with E-state index in [9.17, 15) is 13.2 Å². The molecule has 0 aliphatic heterocycles. The quantitative estimate of drug-likeness (QED) is 0.630. The maximum absolute atomic E-state index is 11.7. The first-order chi connectivity index (χ1) is 4.50. The molecule has 0 fully saturated rings. The average Bonchev–Trinajstić information content (AvgIpc) is 2.11. The van der Waals surface area contributed by atoms with Gasteiger partial charge < -0.3 is 5.11 Å². The molecule has 56 valence electrons. The molecule has 10 heavy (non-hydrogen) atoms. The monoisotopic (exact) mass is 168 g/mol. The first-order valence-corrected chi connectivity index (χ1v) is 3.23. The topological polar surface area (TPSA) is 20.2 Å². The van der Waals surface area contributed by atoms with Crippen LogP contribution in [0.1, 0.15) is 5.56 Å². The summed E-state index contributed by atoms with van der Waals surface area (Å²) < 4.78 is 35.1. The molecule has 1 nitrogen and oxygen atoms in total. The highest BCUT2D eigenvalue weighted by Crippen LogP contribution is 2.34. The molecule has 1 rings (SSSR count). The Morgan fingerprint density at radius 3 is 2.20 bits per heavy atom. The largest absolute Gasteiger partial charge is 0.499 e. The van der Waals surface area contributed by atoms with Gasteiger partial charge >= 0.3 is 6.18 Å². The van der Waals surface area contributed by atoms with Crippen LogP contribution in [0.15, 0.2) is 11.4 Å². The van der Waals surface area contributed by atoms with Crippen molar-refractivity contribution in [2.24, 2.45) is 0 Å². The van der Waals surface area contributed by atoms with Crippen molar-refractivity contribution >= 4 is 11.3 Å². The second-order valence-electron chi connectivity index (χ2n) is 1.67.